The van der Waals surface area contributed by atoms with Crippen molar-refractivity contribution in [3.05, 3.63) is 101 Å². The van der Waals surface area contributed by atoms with Crippen LogP contribution in [-0.2, 0) is 11.2 Å². The Morgan fingerprint density at radius 2 is 1.57 bits per heavy atom. The highest BCUT2D eigenvalue weighted by atomic mass is 19.1. The van der Waals surface area contributed by atoms with Crippen LogP contribution in [-0.4, -0.2) is 50.9 Å². The van der Waals surface area contributed by atoms with Crippen LogP contribution in [0.5, 0.6) is 0 Å². The summed E-state index contributed by atoms with van der Waals surface area (Å²) in [6.45, 7) is 8.48. The molecule has 3 aromatic carbocycles. The maximum Gasteiger partial charge on any atom is 0.332 e. The largest absolute Gasteiger partial charge is 0.356 e. The van der Waals surface area contributed by atoms with Gasteiger partial charge in [0.25, 0.3) is 11.8 Å². The average Bonchev–Trinajstić information content (AvgIpc) is 3.45. The van der Waals surface area contributed by atoms with Crippen molar-refractivity contribution in [2.45, 2.75) is 76.2 Å². The van der Waals surface area contributed by atoms with E-state index < -0.39 is 18.1 Å². The van der Waals surface area contributed by atoms with Crippen LogP contribution in [0.1, 0.15) is 73.8 Å². The van der Waals surface area contributed by atoms with Crippen LogP contribution in [0.3, 0.4) is 0 Å². The number of aromatic amines is 1. The fourth-order valence-electron chi connectivity index (χ4n) is 7.84. The van der Waals surface area contributed by atoms with Gasteiger partial charge in [0, 0.05) is 40.1 Å². The van der Waals surface area contributed by atoms with Crippen molar-refractivity contribution in [3.8, 4) is 0 Å². The summed E-state index contributed by atoms with van der Waals surface area (Å²) in [7, 11) is 0. The molecular formula is C35H36FN5O3. The second-order valence-electron chi connectivity index (χ2n) is 13.6. The summed E-state index contributed by atoms with van der Waals surface area (Å²) in [6.07, 6.45) is 1.81. The molecule has 0 spiro atoms. The standard InChI is InChI=1S/C35H36FN5O3/c1-34(2)18-22(19-35(3,4)39-34)37-31(42)24-10-6-8-12-27(24)41-32(43)28-17-25-23-9-5-7-11-26(23)38-29(25)30(40(28)33(41)44)20-13-15-21(36)16-14-20/h5-16,22,28,30,38-39H,17-19H2,1-4H3,(H,37,42)/t28-,30?/m0/s1. The number of piperidine rings is 1. The third-order valence-electron chi connectivity index (χ3n) is 9.15. The SMILES string of the molecule is CC1(C)CC(NC(=O)c2ccccc2N2C(=O)[C@@H]3Cc4c([nH]c5ccccc45)C(c4ccc(F)cc4)N3C2=O)CC(C)(C)N1. The number of carbonyl (C=O) groups is 3. The van der Waals surface area contributed by atoms with E-state index in [1.54, 1.807) is 41.3 Å². The van der Waals surface area contributed by atoms with Gasteiger partial charge in [0.2, 0.25) is 0 Å². The summed E-state index contributed by atoms with van der Waals surface area (Å²) in [5, 5.41) is 7.81. The Bertz CT molecular complexity index is 1790. The monoisotopic (exact) mass is 593 g/mol. The molecule has 3 aliphatic rings. The summed E-state index contributed by atoms with van der Waals surface area (Å²) in [5.74, 6) is -1.10. The number of hydrogen-bond donors (Lipinski definition) is 3. The van der Waals surface area contributed by atoms with E-state index in [1.807, 2.05) is 24.3 Å². The number of amides is 4. The number of hydrogen-bond acceptors (Lipinski definition) is 4. The number of fused-ring (bicyclic) bond motifs is 4. The first-order chi connectivity index (χ1) is 20.9. The summed E-state index contributed by atoms with van der Waals surface area (Å²) in [5.41, 5.74) is 3.55. The molecule has 226 valence electrons. The number of carbonyl (C=O) groups excluding carboxylic acids is 3. The van der Waals surface area contributed by atoms with Crippen molar-refractivity contribution in [1.29, 1.82) is 0 Å². The van der Waals surface area contributed by atoms with Crippen LogP contribution in [0.25, 0.3) is 10.9 Å². The fourth-order valence-corrected chi connectivity index (χ4v) is 7.84. The number of anilines is 1. The Morgan fingerprint density at radius 3 is 2.30 bits per heavy atom. The third-order valence-corrected chi connectivity index (χ3v) is 9.15. The van der Waals surface area contributed by atoms with Gasteiger partial charge in [-0.3, -0.25) is 14.5 Å². The molecule has 1 unspecified atom stereocenters. The molecule has 2 fully saturated rings. The molecule has 7 rings (SSSR count). The van der Waals surface area contributed by atoms with Gasteiger partial charge < -0.3 is 15.6 Å². The van der Waals surface area contributed by atoms with Crippen molar-refractivity contribution >= 4 is 34.4 Å². The molecule has 0 aliphatic carbocycles. The molecule has 44 heavy (non-hydrogen) atoms. The molecule has 0 saturated carbocycles. The summed E-state index contributed by atoms with van der Waals surface area (Å²) < 4.78 is 14.0. The predicted octanol–water partition coefficient (Wildman–Crippen LogP) is 5.83. The molecule has 2 saturated heterocycles. The fraction of sp³-hybridized carbons (Fsp3) is 0.343. The molecule has 3 N–H and O–H groups in total. The maximum atomic E-state index is 14.4. The van der Waals surface area contributed by atoms with Gasteiger partial charge in [0.1, 0.15) is 17.9 Å². The van der Waals surface area contributed by atoms with Gasteiger partial charge in [-0.1, -0.05) is 42.5 Å². The summed E-state index contributed by atoms with van der Waals surface area (Å²) in [6, 6.07) is 18.7. The van der Waals surface area contributed by atoms with Crippen LogP contribution in [0.4, 0.5) is 14.9 Å². The minimum atomic E-state index is -0.786. The van der Waals surface area contributed by atoms with E-state index in [-0.39, 0.29) is 46.0 Å². The molecule has 4 amide bonds. The Labute approximate surface area is 255 Å². The van der Waals surface area contributed by atoms with Gasteiger partial charge in [-0.25, -0.2) is 14.1 Å². The number of nitrogens with zero attached hydrogens (tertiary/aromatic N) is 2. The highest BCUT2D eigenvalue weighted by molar-refractivity contribution is 6.24. The smallest absolute Gasteiger partial charge is 0.332 e. The molecule has 2 atom stereocenters. The van der Waals surface area contributed by atoms with Gasteiger partial charge in [0.05, 0.1) is 11.3 Å². The first kappa shape index (κ1) is 28.3. The highest BCUT2D eigenvalue weighted by Gasteiger charge is 2.53. The van der Waals surface area contributed by atoms with E-state index in [4.69, 9.17) is 0 Å². The number of para-hydroxylation sites is 2. The molecule has 8 nitrogen and oxygen atoms in total. The third kappa shape index (κ3) is 4.66. The lowest BCUT2D eigenvalue weighted by atomic mass is 9.79. The van der Waals surface area contributed by atoms with E-state index >= 15 is 0 Å². The maximum absolute atomic E-state index is 14.4. The average molecular weight is 594 g/mol. The second-order valence-corrected chi connectivity index (χ2v) is 13.6. The molecular weight excluding hydrogens is 557 g/mol. The number of H-pyrrole nitrogens is 1. The number of benzene rings is 3. The van der Waals surface area contributed by atoms with Gasteiger partial charge in [0.15, 0.2) is 0 Å². The zero-order valence-corrected chi connectivity index (χ0v) is 25.3. The van der Waals surface area contributed by atoms with Crippen molar-refractivity contribution in [2.75, 3.05) is 4.90 Å². The van der Waals surface area contributed by atoms with Gasteiger partial charge >= 0.3 is 6.03 Å². The number of aromatic nitrogens is 1. The molecule has 9 heteroatoms. The van der Waals surface area contributed by atoms with E-state index in [2.05, 4.69) is 43.3 Å². The number of urea groups is 1. The molecule has 3 aliphatic heterocycles. The zero-order valence-electron chi connectivity index (χ0n) is 25.3. The van der Waals surface area contributed by atoms with E-state index in [9.17, 15) is 18.8 Å². The quantitative estimate of drug-likeness (QED) is 0.260. The van der Waals surface area contributed by atoms with Crippen molar-refractivity contribution in [2.24, 2.45) is 0 Å². The molecule has 4 heterocycles. The first-order valence-electron chi connectivity index (χ1n) is 15.1. The van der Waals surface area contributed by atoms with Gasteiger partial charge in [-0.2, -0.15) is 0 Å². The van der Waals surface area contributed by atoms with E-state index in [1.165, 1.54) is 12.1 Å². The Kier molecular flexibility index (Phi) is 6.44. The Balaban J connectivity index is 1.27. The highest BCUT2D eigenvalue weighted by Crippen LogP contribution is 2.45. The molecule has 0 radical (unpaired) electrons. The minimum Gasteiger partial charge on any atom is -0.356 e. The van der Waals surface area contributed by atoms with Crippen molar-refractivity contribution in [1.82, 2.24) is 20.5 Å². The van der Waals surface area contributed by atoms with Crippen molar-refractivity contribution < 1.29 is 18.8 Å². The van der Waals surface area contributed by atoms with E-state index in [0.717, 1.165) is 39.9 Å². The Morgan fingerprint density at radius 1 is 0.909 bits per heavy atom. The summed E-state index contributed by atoms with van der Waals surface area (Å²) >= 11 is 0. The second kappa shape index (κ2) is 10.0. The van der Waals surface area contributed by atoms with E-state index in [0.29, 0.717) is 12.0 Å². The van der Waals surface area contributed by atoms with Crippen molar-refractivity contribution in [3.63, 3.8) is 0 Å². The lowest BCUT2D eigenvalue weighted by Gasteiger charge is -2.46. The first-order valence-corrected chi connectivity index (χ1v) is 15.1. The number of imide groups is 1. The number of nitrogens with one attached hydrogen (secondary N) is 3. The van der Waals surface area contributed by atoms with Crippen LogP contribution in [0.15, 0.2) is 72.8 Å². The molecule has 1 aromatic heterocycles. The molecule has 4 aromatic rings. The van der Waals surface area contributed by atoms with Crippen LogP contribution in [0.2, 0.25) is 0 Å². The predicted molar refractivity (Wildman–Crippen MR) is 167 cm³/mol. The number of rotatable bonds is 4. The van der Waals surface area contributed by atoms with Crippen LogP contribution < -0.4 is 15.5 Å². The minimum absolute atomic E-state index is 0.0840. The lowest BCUT2D eigenvalue weighted by molar-refractivity contribution is -0.120. The zero-order chi connectivity index (χ0) is 31.0. The molecule has 0 bridgehead atoms. The summed E-state index contributed by atoms with van der Waals surface area (Å²) in [4.78, 5) is 48.6. The van der Waals surface area contributed by atoms with Gasteiger partial charge in [-0.15, -0.1) is 0 Å². The lowest BCUT2D eigenvalue weighted by Crippen LogP contribution is -2.62. The number of halogens is 1. The normalized spacial score (nSPS) is 22.7. The van der Waals surface area contributed by atoms with Crippen LogP contribution >= 0.6 is 0 Å². The Hall–Kier alpha value is -4.50. The van der Waals surface area contributed by atoms with Crippen LogP contribution in [0, 0.1) is 5.82 Å². The van der Waals surface area contributed by atoms with Gasteiger partial charge in [-0.05, 0) is 82.0 Å². The topological polar surface area (TPSA) is 97.5 Å².